The summed E-state index contributed by atoms with van der Waals surface area (Å²) in [5, 5.41) is 3.22. The molecule has 0 saturated heterocycles. The van der Waals surface area contributed by atoms with Crippen molar-refractivity contribution >= 4 is 11.6 Å². The van der Waals surface area contributed by atoms with Crippen LogP contribution in [-0.2, 0) is 0 Å². The zero-order valence-corrected chi connectivity index (χ0v) is 15.0. The second-order valence-corrected chi connectivity index (χ2v) is 5.96. The third-order valence-corrected chi connectivity index (χ3v) is 4.03. The van der Waals surface area contributed by atoms with E-state index in [2.05, 4.69) is 30.2 Å². The molecule has 0 spiro atoms. The summed E-state index contributed by atoms with van der Waals surface area (Å²) in [6, 6.07) is 11.5. The number of hydrogen-bond donors (Lipinski definition) is 2. The first-order chi connectivity index (χ1) is 13.2. The molecule has 0 unspecified atom stereocenters. The van der Waals surface area contributed by atoms with Crippen LogP contribution in [0.4, 0.5) is 11.6 Å². The van der Waals surface area contributed by atoms with E-state index in [1.165, 1.54) is 0 Å². The van der Waals surface area contributed by atoms with E-state index in [0.717, 1.165) is 34.0 Å². The Hall–Kier alpha value is -3.74. The van der Waals surface area contributed by atoms with Gasteiger partial charge in [-0.05, 0) is 37.3 Å². The van der Waals surface area contributed by atoms with Crippen molar-refractivity contribution in [1.82, 2.24) is 24.9 Å². The van der Waals surface area contributed by atoms with Gasteiger partial charge in [-0.25, -0.2) is 15.0 Å². The van der Waals surface area contributed by atoms with Crippen LogP contribution in [0.3, 0.4) is 0 Å². The fourth-order valence-corrected chi connectivity index (χ4v) is 2.74. The number of nitrogens with zero attached hydrogens (tertiary/aromatic N) is 4. The number of methoxy groups -OCH3 is 1. The number of ether oxygens (including phenoxy) is 1. The van der Waals surface area contributed by atoms with Crippen LogP contribution in [0.1, 0.15) is 5.69 Å². The molecule has 134 valence electrons. The van der Waals surface area contributed by atoms with Crippen LogP contribution < -0.4 is 10.1 Å². The number of H-pyrrole nitrogens is 1. The van der Waals surface area contributed by atoms with Gasteiger partial charge in [0.25, 0.3) is 0 Å². The second-order valence-electron chi connectivity index (χ2n) is 5.96. The van der Waals surface area contributed by atoms with Gasteiger partial charge in [0.05, 0.1) is 18.4 Å². The van der Waals surface area contributed by atoms with Gasteiger partial charge in [0.2, 0.25) is 5.95 Å². The molecular formula is C20H18N6O. The lowest BCUT2D eigenvalue weighted by Crippen LogP contribution is -1.99. The van der Waals surface area contributed by atoms with E-state index in [4.69, 9.17) is 4.74 Å². The second kappa shape index (κ2) is 7.25. The van der Waals surface area contributed by atoms with Crippen LogP contribution in [-0.4, -0.2) is 32.0 Å². The first-order valence-corrected chi connectivity index (χ1v) is 8.43. The molecule has 7 nitrogen and oxygen atoms in total. The first kappa shape index (κ1) is 16.7. The Morgan fingerprint density at radius 2 is 1.96 bits per heavy atom. The number of imidazole rings is 1. The predicted molar refractivity (Wildman–Crippen MR) is 104 cm³/mol. The number of aryl methyl sites for hydroxylation is 1. The van der Waals surface area contributed by atoms with Crippen LogP contribution in [0, 0.1) is 6.92 Å². The summed E-state index contributed by atoms with van der Waals surface area (Å²) in [5.74, 6) is 1.98. The van der Waals surface area contributed by atoms with Crippen LogP contribution in [0.25, 0.3) is 22.6 Å². The normalized spacial score (nSPS) is 10.6. The molecule has 3 aromatic heterocycles. The maximum Gasteiger partial charge on any atom is 0.227 e. The van der Waals surface area contributed by atoms with Crippen LogP contribution in [0.2, 0.25) is 0 Å². The van der Waals surface area contributed by atoms with E-state index in [9.17, 15) is 0 Å². The molecule has 0 aliphatic rings. The first-order valence-electron chi connectivity index (χ1n) is 8.43. The molecule has 0 aliphatic carbocycles. The highest BCUT2D eigenvalue weighted by Gasteiger charge is 2.11. The average molecular weight is 358 g/mol. The fraction of sp³-hybridized carbons (Fsp3) is 0.100. The Balaban J connectivity index is 1.62. The number of benzene rings is 1. The highest BCUT2D eigenvalue weighted by molar-refractivity contribution is 5.70. The van der Waals surface area contributed by atoms with Crippen molar-refractivity contribution in [3.63, 3.8) is 0 Å². The smallest absolute Gasteiger partial charge is 0.227 e. The molecule has 0 fully saturated rings. The Bertz CT molecular complexity index is 1060. The van der Waals surface area contributed by atoms with E-state index in [0.29, 0.717) is 11.7 Å². The Morgan fingerprint density at radius 1 is 1.04 bits per heavy atom. The summed E-state index contributed by atoms with van der Waals surface area (Å²) < 4.78 is 5.53. The van der Waals surface area contributed by atoms with Crippen molar-refractivity contribution in [1.29, 1.82) is 0 Å². The lowest BCUT2D eigenvalue weighted by Gasteiger charge is -2.11. The molecule has 0 atom stereocenters. The summed E-state index contributed by atoms with van der Waals surface area (Å²) in [7, 11) is 1.64. The van der Waals surface area contributed by atoms with E-state index < -0.39 is 0 Å². The number of aromatic amines is 1. The lowest BCUT2D eigenvalue weighted by atomic mass is 10.1. The standard InChI is InChI=1S/C20H18N6O/c1-13-11-23-19(24-13)16-6-5-15(10-18(16)27-2)25-20-22-9-7-17(26-20)14-4-3-8-21-12-14/h3-12H,1-2H3,(H,23,24)(H,22,25,26). The fourth-order valence-electron chi connectivity index (χ4n) is 2.74. The molecular weight excluding hydrogens is 340 g/mol. The molecule has 1 aromatic carbocycles. The topological polar surface area (TPSA) is 88.6 Å². The van der Waals surface area contributed by atoms with E-state index in [1.54, 1.807) is 31.9 Å². The van der Waals surface area contributed by atoms with Crippen LogP contribution in [0.5, 0.6) is 5.75 Å². The quantitative estimate of drug-likeness (QED) is 0.561. The Kier molecular flexibility index (Phi) is 4.49. The third kappa shape index (κ3) is 3.62. The molecule has 3 heterocycles. The molecule has 4 rings (SSSR count). The monoisotopic (exact) mass is 358 g/mol. The number of rotatable bonds is 5. The molecule has 4 aromatic rings. The maximum atomic E-state index is 5.53. The van der Waals surface area contributed by atoms with E-state index in [1.807, 2.05) is 43.3 Å². The minimum Gasteiger partial charge on any atom is -0.496 e. The number of pyridine rings is 1. The van der Waals surface area contributed by atoms with Crippen molar-refractivity contribution < 1.29 is 4.74 Å². The maximum absolute atomic E-state index is 5.53. The zero-order valence-electron chi connectivity index (χ0n) is 15.0. The zero-order chi connectivity index (χ0) is 18.6. The summed E-state index contributed by atoms with van der Waals surface area (Å²) in [5.41, 5.74) is 4.44. The van der Waals surface area contributed by atoms with Gasteiger partial charge in [0, 0.05) is 47.8 Å². The number of anilines is 2. The molecule has 27 heavy (non-hydrogen) atoms. The van der Waals surface area contributed by atoms with Crippen molar-refractivity contribution in [3.05, 3.63) is 66.9 Å². The number of aromatic nitrogens is 5. The lowest BCUT2D eigenvalue weighted by molar-refractivity contribution is 0.416. The number of nitrogens with one attached hydrogen (secondary N) is 2. The summed E-state index contributed by atoms with van der Waals surface area (Å²) in [6.45, 7) is 1.96. The molecule has 0 amide bonds. The molecule has 0 radical (unpaired) electrons. The minimum absolute atomic E-state index is 0.500. The molecule has 7 heteroatoms. The third-order valence-electron chi connectivity index (χ3n) is 4.03. The molecule has 0 aliphatic heterocycles. The van der Waals surface area contributed by atoms with Gasteiger partial charge < -0.3 is 15.0 Å². The minimum atomic E-state index is 0.500. The molecule has 0 bridgehead atoms. The van der Waals surface area contributed by atoms with Crippen molar-refractivity contribution in [2.45, 2.75) is 6.92 Å². The van der Waals surface area contributed by atoms with Gasteiger partial charge in [0.15, 0.2) is 0 Å². The largest absolute Gasteiger partial charge is 0.496 e. The van der Waals surface area contributed by atoms with Crippen LogP contribution >= 0.6 is 0 Å². The Labute approximate surface area is 156 Å². The highest BCUT2D eigenvalue weighted by Crippen LogP contribution is 2.31. The summed E-state index contributed by atoms with van der Waals surface area (Å²) in [6.07, 6.45) is 7.01. The van der Waals surface area contributed by atoms with Gasteiger partial charge in [-0.15, -0.1) is 0 Å². The SMILES string of the molecule is COc1cc(Nc2nccc(-c3cccnc3)n2)ccc1-c1ncc(C)[nH]1. The predicted octanol–water partition coefficient (Wildman–Crippen LogP) is 3.99. The van der Waals surface area contributed by atoms with Gasteiger partial charge in [0.1, 0.15) is 11.6 Å². The average Bonchev–Trinajstić information content (AvgIpc) is 3.15. The molecule has 2 N–H and O–H groups in total. The highest BCUT2D eigenvalue weighted by atomic mass is 16.5. The van der Waals surface area contributed by atoms with Crippen molar-refractivity contribution in [3.8, 4) is 28.4 Å². The van der Waals surface area contributed by atoms with Gasteiger partial charge in [-0.2, -0.15) is 0 Å². The van der Waals surface area contributed by atoms with Gasteiger partial charge in [-0.1, -0.05) is 0 Å². The van der Waals surface area contributed by atoms with Crippen molar-refractivity contribution in [2.75, 3.05) is 12.4 Å². The van der Waals surface area contributed by atoms with Crippen molar-refractivity contribution in [2.24, 2.45) is 0 Å². The summed E-state index contributed by atoms with van der Waals surface area (Å²) >= 11 is 0. The van der Waals surface area contributed by atoms with E-state index in [-0.39, 0.29) is 0 Å². The molecule has 0 saturated carbocycles. The number of hydrogen-bond acceptors (Lipinski definition) is 6. The van der Waals surface area contributed by atoms with Gasteiger partial charge >= 0.3 is 0 Å². The van der Waals surface area contributed by atoms with Gasteiger partial charge in [-0.3, -0.25) is 4.98 Å². The van der Waals surface area contributed by atoms with E-state index >= 15 is 0 Å². The Morgan fingerprint density at radius 3 is 2.70 bits per heavy atom. The summed E-state index contributed by atoms with van der Waals surface area (Å²) in [4.78, 5) is 20.6. The van der Waals surface area contributed by atoms with Crippen LogP contribution in [0.15, 0.2) is 61.2 Å².